The largest absolute Gasteiger partial charge is 0.498 e. The molecule has 4 rings (SSSR count). The van der Waals surface area contributed by atoms with Gasteiger partial charge < -0.3 is 14.2 Å². The van der Waals surface area contributed by atoms with E-state index in [0.29, 0.717) is 48.9 Å². The van der Waals surface area contributed by atoms with Crippen molar-refractivity contribution in [2.24, 2.45) is 11.8 Å². The van der Waals surface area contributed by atoms with Gasteiger partial charge in [0.05, 0.1) is 49.6 Å². The van der Waals surface area contributed by atoms with Crippen LogP contribution >= 0.6 is 0 Å². The third-order valence-corrected chi connectivity index (χ3v) is 9.09. The SMILES string of the molecule is FC=CCC1CCC(OC=C2CCC(OC3CCC(=COC4CCC(CC=CF)CC4)CC3)CC2)CC1. The molecule has 0 N–H and O–H groups in total. The lowest BCUT2D eigenvalue weighted by Gasteiger charge is -2.32. The molecule has 0 aromatic heterocycles. The van der Waals surface area contributed by atoms with Crippen molar-refractivity contribution in [2.75, 3.05) is 0 Å². The third-order valence-electron chi connectivity index (χ3n) is 9.09. The number of hydrogen-bond donors (Lipinski definition) is 0. The Bertz CT molecular complexity index is 689. The van der Waals surface area contributed by atoms with Gasteiger partial charge in [0.2, 0.25) is 0 Å². The van der Waals surface area contributed by atoms with Crippen LogP contribution in [0.4, 0.5) is 8.78 Å². The molecule has 37 heavy (non-hydrogen) atoms. The molecule has 0 unspecified atom stereocenters. The van der Waals surface area contributed by atoms with Crippen molar-refractivity contribution in [3.63, 3.8) is 0 Å². The Morgan fingerprint density at radius 2 is 0.892 bits per heavy atom. The molecule has 0 heterocycles. The number of hydrogen-bond acceptors (Lipinski definition) is 3. The molecular weight excluding hydrogens is 470 g/mol. The van der Waals surface area contributed by atoms with Crippen molar-refractivity contribution in [2.45, 2.75) is 140 Å². The van der Waals surface area contributed by atoms with Crippen molar-refractivity contribution < 1.29 is 23.0 Å². The highest BCUT2D eigenvalue weighted by molar-refractivity contribution is 5.05. The molecule has 0 saturated heterocycles. The standard InChI is InChI=1S/C32H48F2O3/c33-21-1-3-25-5-13-29(14-6-25)35-23-27-9-17-31(18-10-27)37-32-19-11-28(12-20-32)24-36-30-15-7-26(8-16-30)4-2-22-34/h1-2,21-26,29-32H,3-20H2. The van der Waals surface area contributed by atoms with Crippen LogP contribution in [0.25, 0.3) is 0 Å². The van der Waals surface area contributed by atoms with Gasteiger partial charge in [0.25, 0.3) is 0 Å². The molecule has 4 saturated carbocycles. The molecule has 208 valence electrons. The molecule has 5 heteroatoms. The van der Waals surface area contributed by atoms with E-state index in [2.05, 4.69) is 0 Å². The fourth-order valence-corrected chi connectivity index (χ4v) is 6.58. The molecule has 4 aliphatic carbocycles. The van der Waals surface area contributed by atoms with E-state index in [1.807, 2.05) is 12.5 Å². The molecule has 0 atom stereocenters. The van der Waals surface area contributed by atoms with Crippen molar-refractivity contribution in [1.82, 2.24) is 0 Å². The van der Waals surface area contributed by atoms with Crippen LogP contribution in [0.5, 0.6) is 0 Å². The van der Waals surface area contributed by atoms with E-state index in [1.165, 1.54) is 11.1 Å². The maximum Gasteiger partial charge on any atom is 0.0978 e. The number of ether oxygens (including phenoxy) is 3. The Morgan fingerprint density at radius 3 is 1.24 bits per heavy atom. The Labute approximate surface area is 223 Å². The Balaban J connectivity index is 1.06. The van der Waals surface area contributed by atoms with Gasteiger partial charge in [-0.1, -0.05) is 12.2 Å². The fraction of sp³-hybridized carbons (Fsp3) is 0.750. The molecule has 0 aromatic rings. The van der Waals surface area contributed by atoms with Crippen molar-refractivity contribution >= 4 is 0 Å². The summed E-state index contributed by atoms with van der Waals surface area (Å²) >= 11 is 0. The predicted octanol–water partition coefficient (Wildman–Crippen LogP) is 9.55. The van der Waals surface area contributed by atoms with Crippen LogP contribution in [0.15, 0.2) is 48.5 Å². The first kappa shape index (κ1) is 28.4. The van der Waals surface area contributed by atoms with Gasteiger partial charge in [-0.2, -0.15) is 0 Å². The lowest BCUT2D eigenvalue weighted by Crippen LogP contribution is -2.27. The number of halogens is 2. The molecule has 4 aliphatic rings. The maximum absolute atomic E-state index is 12.2. The molecule has 3 nitrogen and oxygen atoms in total. The Morgan fingerprint density at radius 1 is 0.514 bits per heavy atom. The average Bonchev–Trinajstić information content (AvgIpc) is 2.95. The molecule has 0 aromatic carbocycles. The molecule has 4 fully saturated rings. The zero-order chi connectivity index (χ0) is 25.7. The lowest BCUT2D eigenvalue weighted by molar-refractivity contribution is -0.0372. The lowest BCUT2D eigenvalue weighted by atomic mass is 9.85. The van der Waals surface area contributed by atoms with Gasteiger partial charge in [0.1, 0.15) is 0 Å². The highest BCUT2D eigenvalue weighted by atomic mass is 19.1. The maximum atomic E-state index is 12.2. The van der Waals surface area contributed by atoms with Gasteiger partial charge in [-0.25, -0.2) is 8.78 Å². The van der Waals surface area contributed by atoms with Gasteiger partial charge in [-0.05, 0) is 139 Å². The molecule has 0 bridgehead atoms. The molecule has 0 aliphatic heterocycles. The number of rotatable bonds is 10. The topological polar surface area (TPSA) is 27.7 Å². The summed E-state index contributed by atoms with van der Waals surface area (Å²) in [5.41, 5.74) is 2.86. The summed E-state index contributed by atoms with van der Waals surface area (Å²) in [6.45, 7) is 0. The van der Waals surface area contributed by atoms with E-state index in [-0.39, 0.29) is 0 Å². The van der Waals surface area contributed by atoms with Crippen LogP contribution in [0.3, 0.4) is 0 Å². The first-order valence-electron chi connectivity index (χ1n) is 15.0. The molecule has 0 amide bonds. The normalized spacial score (nSPS) is 33.6. The predicted molar refractivity (Wildman–Crippen MR) is 145 cm³/mol. The average molecular weight is 519 g/mol. The van der Waals surface area contributed by atoms with Gasteiger partial charge in [0.15, 0.2) is 0 Å². The minimum Gasteiger partial charge on any atom is -0.498 e. The summed E-state index contributed by atoms with van der Waals surface area (Å²) in [4.78, 5) is 0. The summed E-state index contributed by atoms with van der Waals surface area (Å²) in [5, 5.41) is 0. The molecular formula is C32H48F2O3. The van der Waals surface area contributed by atoms with E-state index in [9.17, 15) is 8.78 Å². The van der Waals surface area contributed by atoms with E-state index in [1.54, 1.807) is 12.2 Å². The second kappa shape index (κ2) is 15.7. The second-order valence-electron chi connectivity index (χ2n) is 11.8. The van der Waals surface area contributed by atoms with Gasteiger partial charge in [0, 0.05) is 0 Å². The van der Waals surface area contributed by atoms with Crippen LogP contribution in [-0.2, 0) is 14.2 Å². The zero-order valence-electron chi connectivity index (χ0n) is 22.6. The monoisotopic (exact) mass is 518 g/mol. The van der Waals surface area contributed by atoms with E-state index in [0.717, 1.165) is 116 Å². The molecule has 0 radical (unpaired) electrons. The highest BCUT2D eigenvalue weighted by Gasteiger charge is 2.26. The van der Waals surface area contributed by atoms with Crippen molar-refractivity contribution in [3.05, 3.63) is 48.5 Å². The van der Waals surface area contributed by atoms with Crippen LogP contribution < -0.4 is 0 Å². The van der Waals surface area contributed by atoms with Gasteiger partial charge >= 0.3 is 0 Å². The van der Waals surface area contributed by atoms with Crippen LogP contribution in [0.1, 0.15) is 116 Å². The summed E-state index contributed by atoms with van der Waals surface area (Å²) in [6, 6.07) is 0. The van der Waals surface area contributed by atoms with Crippen LogP contribution in [0.2, 0.25) is 0 Å². The minimum atomic E-state index is 0.334. The van der Waals surface area contributed by atoms with E-state index < -0.39 is 0 Å². The van der Waals surface area contributed by atoms with Crippen LogP contribution in [0, 0.1) is 11.8 Å². The van der Waals surface area contributed by atoms with Crippen LogP contribution in [-0.4, -0.2) is 24.4 Å². The minimum absolute atomic E-state index is 0.334. The van der Waals surface area contributed by atoms with Crippen molar-refractivity contribution in [1.29, 1.82) is 0 Å². The smallest absolute Gasteiger partial charge is 0.0978 e. The summed E-state index contributed by atoms with van der Waals surface area (Å²) < 4.78 is 43.2. The van der Waals surface area contributed by atoms with Gasteiger partial charge in [-0.15, -0.1) is 0 Å². The first-order valence-corrected chi connectivity index (χ1v) is 15.0. The first-order chi connectivity index (χ1) is 18.2. The summed E-state index contributed by atoms with van der Waals surface area (Å²) in [6.07, 6.45) is 29.5. The fourth-order valence-electron chi connectivity index (χ4n) is 6.58. The highest BCUT2D eigenvalue weighted by Crippen LogP contribution is 2.34. The summed E-state index contributed by atoms with van der Waals surface area (Å²) in [7, 11) is 0. The second-order valence-corrected chi connectivity index (χ2v) is 11.8. The summed E-state index contributed by atoms with van der Waals surface area (Å²) in [5.74, 6) is 1.24. The van der Waals surface area contributed by atoms with E-state index in [4.69, 9.17) is 14.2 Å². The van der Waals surface area contributed by atoms with E-state index >= 15 is 0 Å². The third kappa shape index (κ3) is 9.89. The zero-order valence-corrected chi connectivity index (χ0v) is 22.6. The quantitative estimate of drug-likeness (QED) is 0.270. The Hall–Kier alpha value is -1.62. The molecule has 0 spiro atoms. The number of allylic oxidation sites excluding steroid dienone is 4. The van der Waals surface area contributed by atoms with Gasteiger partial charge in [-0.3, -0.25) is 0 Å². The van der Waals surface area contributed by atoms with Crippen molar-refractivity contribution in [3.8, 4) is 0 Å². The Kier molecular flexibility index (Phi) is 12.1.